The van der Waals surface area contributed by atoms with Crippen molar-refractivity contribution in [2.75, 3.05) is 0 Å². The molecule has 1 N–H and O–H groups in total. The van der Waals surface area contributed by atoms with Gasteiger partial charge in [-0.2, -0.15) is 0 Å². The lowest BCUT2D eigenvalue weighted by Crippen LogP contribution is -2.18. The van der Waals surface area contributed by atoms with E-state index < -0.39 is 0 Å². The number of allylic oxidation sites excluding steroid dienone is 1. The van der Waals surface area contributed by atoms with E-state index in [0.717, 1.165) is 62.0 Å². The molecule has 0 fully saturated rings. The van der Waals surface area contributed by atoms with Crippen LogP contribution >= 0.6 is 0 Å². The van der Waals surface area contributed by atoms with E-state index in [-0.39, 0.29) is 6.17 Å². The van der Waals surface area contributed by atoms with Crippen LogP contribution in [0.4, 0.5) is 0 Å². The molecule has 1 aliphatic heterocycles. The molecule has 1 unspecified atom stereocenters. The third kappa shape index (κ3) is 4.71. The van der Waals surface area contributed by atoms with E-state index in [1.54, 1.807) is 0 Å². The summed E-state index contributed by atoms with van der Waals surface area (Å²) in [4.78, 5) is 5.51. The molecule has 1 aromatic heterocycles. The van der Waals surface area contributed by atoms with Gasteiger partial charge < -0.3 is 9.73 Å². The molecule has 224 valence electrons. The van der Waals surface area contributed by atoms with Crippen LogP contribution in [-0.4, -0.2) is 5.71 Å². The molecule has 0 aliphatic carbocycles. The molecule has 7 aromatic carbocycles. The first-order valence-electron chi connectivity index (χ1n) is 16.2. The number of hydrogen-bond acceptors (Lipinski definition) is 3. The van der Waals surface area contributed by atoms with Crippen molar-refractivity contribution < 1.29 is 4.42 Å². The average molecular weight is 605 g/mol. The molecule has 0 bridgehead atoms. The van der Waals surface area contributed by atoms with Crippen molar-refractivity contribution in [3.8, 4) is 11.1 Å². The minimum absolute atomic E-state index is 0.250. The van der Waals surface area contributed by atoms with Crippen molar-refractivity contribution in [2.45, 2.75) is 19.5 Å². The Balaban J connectivity index is 1.22. The summed E-state index contributed by atoms with van der Waals surface area (Å²) in [6.07, 6.45) is 0.471. The number of fused-ring (bicyclic) bond motifs is 6. The first-order valence-corrected chi connectivity index (χ1v) is 16.2. The van der Waals surface area contributed by atoms with Gasteiger partial charge in [0.2, 0.25) is 0 Å². The smallest absolute Gasteiger partial charge is 0.145 e. The van der Waals surface area contributed by atoms with Gasteiger partial charge in [0.15, 0.2) is 0 Å². The summed E-state index contributed by atoms with van der Waals surface area (Å²) < 4.78 is 6.28. The molecule has 0 spiro atoms. The van der Waals surface area contributed by atoms with Crippen molar-refractivity contribution >= 4 is 54.9 Å². The number of aliphatic imine (C=N–C) groups is 1. The summed E-state index contributed by atoms with van der Waals surface area (Å²) in [6, 6.07) is 53.8. The van der Waals surface area contributed by atoms with Crippen molar-refractivity contribution in [3.63, 3.8) is 0 Å². The maximum atomic E-state index is 6.28. The predicted molar refractivity (Wildman–Crippen MR) is 197 cm³/mol. The molecule has 0 saturated carbocycles. The van der Waals surface area contributed by atoms with Crippen LogP contribution in [0.1, 0.15) is 36.2 Å². The molecular weight excluding hydrogens is 572 g/mol. The zero-order valence-electron chi connectivity index (χ0n) is 26.1. The van der Waals surface area contributed by atoms with E-state index in [9.17, 15) is 0 Å². The number of para-hydroxylation sites is 1. The van der Waals surface area contributed by atoms with Gasteiger partial charge in [-0.05, 0) is 74.5 Å². The van der Waals surface area contributed by atoms with Gasteiger partial charge in [-0.15, -0.1) is 0 Å². The van der Waals surface area contributed by atoms with Crippen LogP contribution in [0.5, 0.6) is 0 Å². The van der Waals surface area contributed by atoms with Crippen molar-refractivity contribution in [2.24, 2.45) is 4.99 Å². The highest BCUT2D eigenvalue weighted by molar-refractivity contribution is 6.16. The maximum Gasteiger partial charge on any atom is 0.145 e. The SMILES string of the molecule is CC1=C(c2ccc3ccc4ccccc4c3c2)NC(c2ccccc2)N=C(c2ccccc2-c2cccc3oc4ccccc4c23)C1. The van der Waals surface area contributed by atoms with Gasteiger partial charge in [0, 0.05) is 34.2 Å². The first kappa shape index (κ1) is 27.4. The molecule has 47 heavy (non-hydrogen) atoms. The molecule has 9 rings (SSSR count). The van der Waals surface area contributed by atoms with E-state index in [0.29, 0.717) is 0 Å². The van der Waals surface area contributed by atoms with Crippen LogP contribution < -0.4 is 5.32 Å². The number of nitrogens with one attached hydrogen (secondary N) is 1. The molecule has 3 heteroatoms. The van der Waals surface area contributed by atoms with E-state index in [1.807, 2.05) is 12.1 Å². The van der Waals surface area contributed by atoms with Crippen molar-refractivity contribution in [3.05, 3.63) is 174 Å². The van der Waals surface area contributed by atoms with Gasteiger partial charge in [-0.3, -0.25) is 4.99 Å². The lowest BCUT2D eigenvalue weighted by Gasteiger charge is -2.20. The van der Waals surface area contributed by atoms with E-state index in [4.69, 9.17) is 9.41 Å². The molecular formula is C44H32N2O. The monoisotopic (exact) mass is 604 g/mol. The second-order valence-corrected chi connectivity index (χ2v) is 12.4. The minimum atomic E-state index is -0.250. The highest BCUT2D eigenvalue weighted by atomic mass is 16.3. The number of rotatable bonds is 4. The van der Waals surface area contributed by atoms with Crippen LogP contribution in [-0.2, 0) is 0 Å². The summed E-state index contributed by atoms with van der Waals surface area (Å²) in [5.41, 5.74) is 11.0. The Morgan fingerprint density at radius 3 is 2.11 bits per heavy atom. The van der Waals surface area contributed by atoms with Gasteiger partial charge in [0.25, 0.3) is 0 Å². The predicted octanol–water partition coefficient (Wildman–Crippen LogP) is 11.5. The highest BCUT2D eigenvalue weighted by Crippen LogP contribution is 2.40. The fourth-order valence-electron chi connectivity index (χ4n) is 7.25. The lowest BCUT2D eigenvalue weighted by molar-refractivity contribution is 0.669. The van der Waals surface area contributed by atoms with Crippen LogP contribution in [0.2, 0.25) is 0 Å². The third-order valence-electron chi connectivity index (χ3n) is 9.51. The van der Waals surface area contributed by atoms with Crippen LogP contribution in [0, 0.1) is 0 Å². The summed E-state index contributed by atoms with van der Waals surface area (Å²) in [5, 5.41) is 11.2. The maximum absolute atomic E-state index is 6.28. The lowest BCUT2D eigenvalue weighted by atomic mass is 9.90. The van der Waals surface area contributed by atoms with Gasteiger partial charge in [-0.1, -0.05) is 133 Å². The van der Waals surface area contributed by atoms with Crippen LogP contribution in [0.15, 0.2) is 167 Å². The number of nitrogens with zero attached hydrogens (tertiary/aromatic N) is 1. The molecule has 8 aromatic rings. The molecule has 0 radical (unpaired) electrons. The molecule has 0 amide bonds. The minimum Gasteiger partial charge on any atom is -0.456 e. The summed E-state index contributed by atoms with van der Waals surface area (Å²) >= 11 is 0. The average Bonchev–Trinajstić information content (AvgIpc) is 3.42. The molecule has 2 heterocycles. The van der Waals surface area contributed by atoms with Gasteiger partial charge >= 0.3 is 0 Å². The highest BCUT2D eigenvalue weighted by Gasteiger charge is 2.24. The van der Waals surface area contributed by atoms with Gasteiger partial charge in [0.05, 0.1) is 0 Å². The quantitative estimate of drug-likeness (QED) is 0.203. The second kappa shape index (κ2) is 11.1. The Bertz CT molecular complexity index is 2540. The van der Waals surface area contributed by atoms with Crippen LogP contribution in [0.25, 0.3) is 60.3 Å². The Morgan fingerprint density at radius 2 is 1.23 bits per heavy atom. The Hall–Kier alpha value is -5.93. The summed E-state index contributed by atoms with van der Waals surface area (Å²) in [6.45, 7) is 2.24. The van der Waals surface area contributed by atoms with E-state index >= 15 is 0 Å². The fourth-order valence-corrected chi connectivity index (χ4v) is 7.25. The first-order chi connectivity index (χ1) is 23.2. The Morgan fingerprint density at radius 1 is 0.574 bits per heavy atom. The van der Waals surface area contributed by atoms with Gasteiger partial charge in [0.1, 0.15) is 17.3 Å². The van der Waals surface area contributed by atoms with E-state index in [1.165, 1.54) is 32.7 Å². The largest absolute Gasteiger partial charge is 0.456 e. The Kier molecular flexibility index (Phi) is 6.50. The zero-order chi connectivity index (χ0) is 31.3. The number of hydrogen-bond donors (Lipinski definition) is 1. The normalized spacial score (nSPS) is 15.3. The molecule has 0 saturated heterocycles. The van der Waals surface area contributed by atoms with Crippen molar-refractivity contribution in [1.82, 2.24) is 5.32 Å². The molecule has 1 atom stereocenters. The van der Waals surface area contributed by atoms with Crippen LogP contribution in [0.3, 0.4) is 0 Å². The number of benzene rings is 7. The standard InChI is InChI=1S/C44H32N2O/c1-28-26-39(35-17-8-7-16-34(35)36-19-11-21-41-42(36)37-18-9-10-20-40(37)47-41)45-44(31-13-3-2-4-14-31)46-43(28)32-25-24-30-23-22-29-12-5-6-15-33(29)38(30)27-32/h2-25,27,44,46H,26H2,1H3. The zero-order valence-corrected chi connectivity index (χ0v) is 26.1. The summed E-state index contributed by atoms with van der Waals surface area (Å²) in [5.74, 6) is 0. The number of furan rings is 1. The van der Waals surface area contributed by atoms with Crippen molar-refractivity contribution in [1.29, 1.82) is 0 Å². The third-order valence-corrected chi connectivity index (χ3v) is 9.51. The molecule has 1 aliphatic rings. The summed E-state index contributed by atoms with van der Waals surface area (Å²) in [7, 11) is 0. The second-order valence-electron chi connectivity index (χ2n) is 12.4. The van der Waals surface area contributed by atoms with E-state index in [2.05, 4.69) is 152 Å². The topological polar surface area (TPSA) is 37.5 Å². The fraction of sp³-hybridized carbons (Fsp3) is 0.0682. The Labute approximate surface area is 273 Å². The van der Waals surface area contributed by atoms with Gasteiger partial charge in [-0.25, -0.2) is 0 Å². The molecule has 3 nitrogen and oxygen atoms in total.